The van der Waals surface area contributed by atoms with E-state index in [4.69, 9.17) is 4.74 Å². The van der Waals surface area contributed by atoms with Gasteiger partial charge >= 0.3 is 5.97 Å². The van der Waals surface area contributed by atoms with Gasteiger partial charge < -0.3 is 14.8 Å². The highest BCUT2D eigenvalue weighted by molar-refractivity contribution is 6.22. The fraction of sp³-hybridized carbons (Fsp3) is 0.118. The number of carbonyl (C=O) groups excluding carboxylic acids is 1. The molecule has 6 nitrogen and oxygen atoms in total. The summed E-state index contributed by atoms with van der Waals surface area (Å²) in [5, 5.41) is 10.5. The summed E-state index contributed by atoms with van der Waals surface area (Å²) < 4.78 is 5.06. The third kappa shape index (κ3) is 2.91. The summed E-state index contributed by atoms with van der Waals surface area (Å²) in [4.78, 5) is 23.6. The average Bonchev–Trinajstić information content (AvgIpc) is 2.99. The molecule has 2 heterocycles. The number of nitrogens with one attached hydrogen (secondary N) is 1. The van der Waals surface area contributed by atoms with Crippen molar-refractivity contribution in [1.82, 2.24) is 15.0 Å². The third-order valence-electron chi connectivity index (χ3n) is 3.30. The van der Waals surface area contributed by atoms with Gasteiger partial charge in [0.1, 0.15) is 17.2 Å². The Morgan fingerprint density at radius 3 is 2.65 bits per heavy atom. The standard InChI is InChI=1S/C17H15N3O3/c1-2-23-17(22)14(15(21)11-7-9-18-10-8-11)16-19-12-5-3-4-6-13(12)20-16/h3-10,21H,2H2,1H3,(H,19,20)/b15-14-. The Labute approximate surface area is 132 Å². The number of aromatic amines is 1. The maximum Gasteiger partial charge on any atom is 0.345 e. The predicted octanol–water partition coefficient (Wildman–Crippen LogP) is 2.95. The van der Waals surface area contributed by atoms with Crippen LogP contribution >= 0.6 is 0 Å². The number of hydrogen-bond acceptors (Lipinski definition) is 5. The van der Waals surface area contributed by atoms with Gasteiger partial charge in [-0.2, -0.15) is 0 Å². The van der Waals surface area contributed by atoms with Crippen molar-refractivity contribution in [3.05, 3.63) is 60.2 Å². The Hall–Kier alpha value is -3.15. The number of H-pyrrole nitrogens is 1. The highest BCUT2D eigenvalue weighted by atomic mass is 16.5. The van der Waals surface area contributed by atoms with E-state index in [9.17, 15) is 9.90 Å². The van der Waals surface area contributed by atoms with E-state index in [0.717, 1.165) is 5.52 Å². The van der Waals surface area contributed by atoms with E-state index in [-0.39, 0.29) is 23.8 Å². The van der Waals surface area contributed by atoms with Crippen molar-refractivity contribution in [3.63, 3.8) is 0 Å². The van der Waals surface area contributed by atoms with E-state index in [1.807, 2.05) is 24.3 Å². The number of nitrogens with zero attached hydrogens (tertiary/aromatic N) is 2. The number of hydrogen-bond donors (Lipinski definition) is 2. The number of rotatable bonds is 4. The molecule has 2 aromatic heterocycles. The Kier molecular flexibility index (Phi) is 4.05. The van der Waals surface area contributed by atoms with E-state index in [0.29, 0.717) is 11.1 Å². The van der Waals surface area contributed by atoms with E-state index < -0.39 is 5.97 Å². The molecule has 6 heteroatoms. The number of imidazole rings is 1. The van der Waals surface area contributed by atoms with Crippen LogP contribution in [-0.2, 0) is 9.53 Å². The summed E-state index contributed by atoms with van der Waals surface area (Å²) in [6, 6.07) is 10.6. The second kappa shape index (κ2) is 6.31. The first kappa shape index (κ1) is 14.8. The van der Waals surface area contributed by atoms with Gasteiger partial charge in [0.25, 0.3) is 0 Å². The molecule has 3 aromatic rings. The molecule has 23 heavy (non-hydrogen) atoms. The molecule has 0 amide bonds. The second-order valence-electron chi connectivity index (χ2n) is 4.78. The van der Waals surface area contributed by atoms with Gasteiger partial charge in [-0.1, -0.05) is 12.1 Å². The van der Waals surface area contributed by atoms with Crippen LogP contribution in [0.3, 0.4) is 0 Å². The van der Waals surface area contributed by atoms with Crippen LogP contribution < -0.4 is 0 Å². The monoisotopic (exact) mass is 309 g/mol. The Balaban J connectivity index is 2.17. The molecule has 0 aliphatic heterocycles. The van der Waals surface area contributed by atoms with Gasteiger partial charge in [0.2, 0.25) is 0 Å². The molecule has 0 fully saturated rings. The highest BCUT2D eigenvalue weighted by Crippen LogP contribution is 2.25. The molecule has 0 saturated heterocycles. The summed E-state index contributed by atoms with van der Waals surface area (Å²) in [6.07, 6.45) is 3.07. The van der Waals surface area contributed by atoms with Crippen molar-refractivity contribution >= 4 is 28.3 Å². The molecule has 3 rings (SSSR count). The quantitative estimate of drug-likeness (QED) is 0.439. The number of benzene rings is 1. The van der Waals surface area contributed by atoms with Crippen LogP contribution in [0.1, 0.15) is 18.3 Å². The van der Waals surface area contributed by atoms with Crippen LogP contribution in [0.5, 0.6) is 0 Å². The normalized spacial score (nSPS) is 12.0. The molecule has 0 radical (unpaired) electrons. The summed E-state index contributed by atoms with van der Waals surface area (Å²) >= 11 is 0. The lowest BCUT2D eigenvalue weighted by Gasteiger charge is -2.08. The van der Waals surface area contributed by atoms with Crippen molar-refractivity contribution in [2.45, 2.75) is 6.92 Å². The molecule has 0 spiro atoms. The fourth-order valence-corrected chi connectivity index (χ4v) is 2.23. The van der Waals surface area contributed by atoms with Crippen LogP contribution in [0.4, 0.5) is 0 Å². The summed E-state index contributed by atoms with van der Waals surface area (Å²) in [5.41, 5.74) is 1.93. The number of aromatic nitrogens is 3. The minimum absolute atomic E-state index is 0.00532. The molecular weight excluding hydrogens is 294 g/mol. The number of aliphatic hydroxyl groups excluding tert-OH is 1. The summed E-state index contributed by atoms with van der Waals surface area (Å²) in [7, 11) is 0. The number of aliphatic hydroxyl groups is 1. The third-order valence-corrected chi connectivity index (χ3v) is 3.30. The molecule has 0 unspecified atom stereocenters. The molecule has 0 atom stereocenters. The van der Waals surface area contributed by atoms with Gasteiger partial charge in [-0.25, -0.2) is 9.78 Å². The van der Waals surface area contributed by atoms with Gasteiger partial charge in [-0.15, -0.1) is 0 Å². The minimum Gasteiger partial charge on any atom is -0.506 e. The van der Waals surface area contributed by atoms with Crippen LogP contribution in [0, 0.1) is 0 Å². The number of esters is 1. The van der Waals surface area contributed by atoms with E-state index >= 15 is 0 Å². The predicted molar refractivity (Wildman–Crippen MR) is 86.4 cm³/mol. The number of fused-ring (bicyclic) bond motifs is 1. The van der Waals surface area contributed by atoms with E-state index in [2.05, 4.69) is 15.0 Å². The van der Waals surface area contributed by atoms with Crippen LogP contribution in [-0.4, -0.2) is 32.6 Å². The Morgan fingerprint density at radius 1 is 1.22 bits per heavy atom. The smallest absolute Gasteiger partial charge is 0.345 e. The Morgan fingerprint density at radius 2 is 1.96 bits per heavy atom. The zero-order valence-electron chi connectivity index (χ0n) is 12.5. The van der Waals surface area contributed by atoms with Crippen molar-refractivity contribution in [2.24, 2.45) is 0 Å². The minimum atomic E-state index is -0.638. The fourth-order valence-electron chi connectivity index (χ4n) is 2.23. The van der Waals surface area contributed by atoms with Gasteiger partial charge in [0.05, 0.1) is 17.6 Å². The van der Waals surface area contributed by atoms with E-state index in [1.165, 1.54) is 12.4 Å². The van der Waals surface area contributed by atoms with Crippen LogP contribution in [0.25, 0.3) is 22.4 Å². The van der Waals surface area contributed by atoms with Gasteiger partial charge in [0.15, 0.2) is 0 Å². The van der Waals surface area contributed by atoms with Crippen molar-refractivity contribution in [3.8, 4) is 0 Å². The molecule has 1 aromatic carbocycles. The van der Waals surface area contributed by atoms with Gasteiger partial charge in [-0.05, 0) is 31.2 Å². The zero-order valence-corrected chi connectivity index (χ0v) is 12.5. The highest BCUT2D eigenvalue weighted by Gasteiger charge is 2.23. The zero-order chi connectivity index (χ0) is 16.2. The molecule has 0 aliphatic carbocycles. The largest absolute Gasteiger partial charge is 0.506 e. The molecule has 0 bridgehead atoms. The number of para-hydroxylation sites is 2. The lowest BCUT2D eigenvalue weighted by molar-refractivity contribution is -0.136. The lowest BCUT2D eigenvalue weighted by atomic mass is 10.1. The summed E-state index contributed by atoms with van der Waals surface area (Å²) in [5.74, 6) is -0.579. The second-order valence-corrected chi connectivity index (χ2v) is 4.78. The van der Waals surface area contributed by atoms with Gasteiger partial charge in [-0.3, -0.25) is 4.98 Å². The number of carbonyl (C=O) groups is 1. The molecule has 2 N–H and O–H groups in total. The lowest BCUT2D eigenvalue weighted by Crippen LogP contribution is -2.10. The maximum absolute atomic E-state index is 12.3. The van der Waals surface area contributed by atoms with Crippen molar-refractivity contribution in [2.75, 3.05) is 6.61 Å². The van der Waals surface area contributed by atoms with E-state index in [1.54, 1.807) is 19.1 Å². The first-order chi connectivity index (χ1) is 11.2. The number of pyridine rings is 1. The summed E-state index contributed by atoms with van der Waals surface area (Å²) in [6.45, 7) is 1.91. The average molecular weight is 309 g/mol. The SMILES string of the molecule is CCOC(=O)/C(=C(\O)c1ccncc1)c1nc2ccccc2[nH]1. The first-order valence-electron chi connectivity index (χ1n) is 7.16. The van der Waals surface area contributed by atoms with Crippen molar-refractivity contribution < 1.29 is 14.6 Å². The maximum atomic E-state index is 12.3. The molecule has 116 valence electrons. The Bertz CT molecular complexity index is 836. The first-order valence-corrected chi connectivity index (χ1v) is 7.16. The topological polar surface area (TPSA) is 88.1 Å². The molecule has 0 saturated carbocycles. The molecular formula is C17H15N3O3. The van der Waals surface area contributed by atoms with Gasteiger partial charge in [0, 0.05) is 18.0 Å². The molecule has 0 aliphatic rings. The number of ether oxygens (including phenoxy) is 1. The van der Waals surface area contributed by atoms with Crippen molar-refractivity contribution in [1.29, 1.82) is 0 Å². The van der Waals surface area contributed by atoms with Crippen LogP contribution in [0.2, 0.25) is 0 Å². The van der Waals surface area contributed by atoms with Crippen LogP contribution in [0.15, 0.2) is 48.8 Å².